The number of aliphatic hydroxyl groups is 1. The van der Waals surface area contributed by atoms with E-state index in [9.17, 15) is 13.5 Å². The fourth-order valence-electron chi connectivity index (χ4n) is 1.86. The van der Waals surface area contributed by atoms with E-state index < -0.39 is 26.6 Å². The highest BCUT2D eigenvalue weighted by Crippen LogP contribution is 2.31. The summed E-state index contributed by atoms with van der Waals surface area (Å²) in [4.78, 5) is 0. The molecule has 0 bridgehead atoms. The molecule has 0 amide bonds. The highest BCUT2D eigenvalue weighted by molar-refractivity contribution is 7.92. The van der Waals surface area contributed by atoms with E-state index in [0.717, 1.165) is 11.8 Å². The van der Waals surface area contributed by atoms with E-state index in [1.54, 1.807) is 24.3 Å². The third-order valence-corrected chi connectivity index (χ3v) is 6.01. The maximum absolute atomic E-state index is 11.8. The summed E-state index contributed by atoms with van der Waals surface area (Å²) in [5.74, 6) is -0.456. The Labute approximate surface area is 119 Å². The van der Waals surface area contributed by atoms with Gasteiger partial charge >= 0.3 is 0 Å². The lowest BCUT2D eigenvalue weighted by atomic mass is 9.87. The molecule has 0 heterocycles. The van der Waals surface area contributed by atoms with Crippen LogP contribution in [0.5, 0.6) is 0 Å². The number of hydrogen-bond acceptors (Lipinski definition) is 4. The van der Waals surface area contributed by atoms with Crippen molar-refractivity contribution in [3.8, 4) is 0 Å². The van der Waals surface area contributed by atoms with Gasteiger partial charge in [0.1, 0.15) is 0 Å². The molecule has 6 heteroatoms. The smallest absolute Gasteiger partial charge is 0.155 e. The topological polar surface area (TPSA) is 80.4 Å². The van der Waals surface area contributed by atoms with Gasteiger partial charge in [-0.3, -0.25) is 0 Å². The number of rotatable bonds is 5. The molecule has 2 unspecified atom stereocenters. The van der Waals surface area contributed by atoms with Crippen LogP contribution >= 0.6 is 11.6 Å². The molecule has 4 nitrogen and oxygen atoms in total. The molecule has 0 saturated heterocycles. The standard InChI is InChI=1S/C13H20ClNO3S/c1-13(2,19(3,17)18)12(16)11(8-15)9-4-6-10(14)7-5-9/h4-7,11-12,16H,8,15H2,1-3H3. The minimum atomic E-state index is -3.40. The number of sulfone groups is 1. The lowest BCUT2D eigenvalue weighted by molar-refractivity contribution is 0.110. The van der Waals surface area contributed by atoms with Crippen molar-refractivity contribution in [3.05, 3.63) is 34.9 Å². The molecule has 0 spiro atoms. The Morgan fingerprint density at radius 3 is 2.16 bits per heavy atom. The van der Waals surface area contributed by atoms with Crippen molar-refractivity contribution in [3.63, 3.8) is 0 Å². The molecule has 0 aliphatic heterocycles. The van der Waals surface area contributed by atoms with Gasteiger partial charge in [0.25, 0.3) is 0 Å². The summed E-state index contributed by atoms with van der Waals surface area (Å²) >= 11 is 5.81. The van der Waals surface area contributed by atoms with Crippen LogP contribution < -0.4 is 5.73 Å². The van der Waals surface area contributed by atoms with E-state index in [1.165, 1.54) is 13.8 Å². The van der Waals surface area contributed by atoms with Crippen molar-refractivity contribution in [2.45, 2.75) is 30.6 Å². The van der Waals surface area contributed by atoms with Gasteiger partial charge < -0.3 is 10.8 Å². The quantitative estimate of drug-likeness (QED) is 0.865. The summed E-state index contributed by atoms with van der Waals surface area (Å²) in [6.07, 6.45) is 0.0275. The van der Waals surface area contributed by atoms with Gasteiger partial charge in [0.05, 0.1) is 10.9 Å². The first-order chi connectivity index (χ1) is 8.61. The molecule has 3 N–H and O–H groups in total. The zero-order valence-corrected chi connectivity index (χ0v) is 12.9. The number of benzene rings is 1. The van der Waals surface area contributed by atoms with Gasteiger partial charge in [-0.2, -0.15) is 0 Å². The summed E-state index contributed by atoms with van der Waals surface area (Å²) < 4.78 is 22.3. The monoisotopic (exact) mass is 305 g/mol. The average molecular weight is 306 g/mol. The van der Waals surface area contributed by atoms with E-state index in [1.807, 2.05) is 0 Å². The molecule has 0 fully saturated rings. The summed E-state index contributed by atoms with van der Waals surface area (Å²) in [7, 11) is -3.40. The molecular weight excluding hydrogens is 286 g/mol. The Balaban J connectivity index is 3.14. The summed E-state index contributed by atoms with van der Waals surface area (Å²) in [5.41, 5.74) is 6.47. The molecule has 0 aliphatic rings. The van der Waals surface area contributed by atoms with Crippen LogP contribution in [0.1, 0.15) is 25.3 Å². The molecule has 1 rings (SSSR count). The van der Waals surface area contributed by atoms with Crippen LogP contribution in [0.3, 0.4) is 0 Å². The normalized spacial score (nSPS) is 16.1. The third-order valence-electron chi connectivity index (χ3n) is 3.60. The molecule has 0 aromatic heterocycles. The summed E-state index contributed by atoms with van der Waals surface area (Å²) in [5, 5.41) is 11.0. The molecular formula is C13H20ClNO3S. The van der Waals surface area contributed by atoms with E-state index in [0.29, 0.717) is 5.02 Å². The zero-order chi connectivity index (χ0) is 14.8. The molecule has 1 aromatic carbocycles. The fraction of sp³-hybridized carbons (Fsp3) is 0.538. The second-order valence-corrected chi connectivity index (χ2v) is 8.25. The molecule has 2 atom stereocenters. The van der Waals surface area contributed by atoms with Gasteiger partial charge in [-0.05, 0) is 31.5 Å². The molecule has 19 heavy (non-hydrogen) atoms. The maximum atomic E-state index is 11.8. The van der Waals surface area contributed by atoms with E-state index in [4.69, 9.17) is 17.3 Å². The van der Waals surface area contributed by atoms with Crippen LogP contribution in [0.2, 0.25) is 5.02 Å². The first-order valence-corrected chi connectivity index (χ1v) is 8.21. The predicted octanol–water partition coefficient (Wildman–Crippen LogP) is 1.57. The fourth-order valence-corrected chi connectivity index (χ4v) is 2.59. The Morgan fingerprint density at radius 1 is 1.32 bits per heavy atom. The molecule has 1 aromatic rings. The Hall–Kier alpha value is -0.620. The third kappa shape index (κ3) is 3.48. The van der Waals surface area contributed by atoms with Gasteiger partial charge in [-0.1, -0.05) is 23.7 Å². The van der Waals surface area contributed by atoms with E-state index >= 15 is 0 Å². The molecule has 0 radical (unpaired) electrons. The zero-order valence-electron chi connectivity index (χ0n) is 11.3. The summed E-state index contributed by atoms with van der Waals surface area (Å²) in [6.45, 7) is 3.17. The summed E-state index contributed by atoms with van der Waals surface area (Å²) in [6, 6.07) is 6.89. The highest BCUT2D eigenvalue weighted by Gasteiger charge is 2.42. The van der Waals surface area contributed by atoms with Crippen LogP contribution in [0.25, 0.3) is 0 Å². The Kier molecular flexibility index (Phi) is 5.01. The van der Waals surface area contributed by atoms with Gasteiger partial charge in [0, 0.05) is 23.7 Å². The van der Waals surface area contributed by atoms with Crippen molar-refractivity contribution in [1.29, 1.82) is 0 Å². The molecule has 0 saturated carbocycles. The lowest BCUT2D eigenvalue weighted by Crippen LogP contribution is -2.48. The first kappa shape index (κ1) is 16.4. The number of nitrogens with two attached hydrogens (primary N) is 1. The minimum Gasteiger partial charge on any atom is -0.391 e. The van der Waals surface area contributed by atoms with Crippen molar-refractivity contribution >= 4 is 21.4 Å². The van der Waals surface area contributed by atoms with Gasteiger partial charge in [0.2, 0.25) is 0 Å². The van der Waals surface area contributed by atoms with Crippen LogP contribution in [0.4, 0.5) is 0 Å². The maximum Gasteiger partial charge on any atom is 0.155 e. The van der Waals surface area contributed by atoms with E-state index in [-0.39, 0.29) is 6.54 Å². The van der Waals surface area contributed by atoms with Gasteiger partial charge in [-0.15, -0.1) is 0 Å². The average Bonchev–Trinajstić information content (AvgIpc) is 2.30. The number of hydrogen-bond donors (Lipinski definition) is 2. The largest absolute Gasteiger partial charge is 0.391 e. The van der Waals surface area contributed by atoms with Crippen molar-refractivity contribution < 1.29 is 13.5 Å². The molecule has 0 aliphatic carbocycles. The predicted molar refractivity (Wildman–Crippen MR) is 78.2 cm³/mol. The van der Waals surface area contributed by atoms with Crippen LogP contribution in [-0.4, -0.2) is 37.2 Å². The Morgan fingerprint density at radius 2 is 1.79 bits per heavy atom. The SMILES string of the molecule is CC(C)(C(O)C(CN)c1ccc(Cl)cc1)S(C)(=O)=O. The van der Waals surface area contributed by atoms with Crippen LogP contribution in [-0.2, 0) is 9.84 Å². The molecule has 108 valence electrons. The van der Waals surface area contributed by atoms with Crippen LogP contribution in [0, 0.1) is 0 Å². The number of aliphatic hydroxyl groups excluding tert-OH is 1. The highest BCUT2D eigenvalue weighted by atomic mass is 35.5. The minimum absolute atomic E-state index is 0.155. The van der Waals surface area contributed by atoms with Crippen molar-refractivity contribution in [1.82, 2.24) is 0 Å². The number of halogens is 1. The lowest BCUT2D eigenvalue weighted by Gasteiger charge is -2.34. The second-order valence-electron chi connectivity index (χ2n) is 5.21. The van der Waals surface area contributed by atoms with Crippen LogP contribution in [0.15, 0.2) is 24.3 Å². The van der Waals surface area contributed by atoms with E-state index in [2.05, 4.69) is 0 Å². The first-order valence-electron chi connectivity index (χ1n) is 5.94. The second kappa shape index (κ2) is 5.79. The van der Waals surface area contributed by atoms with Gasteiger partial charge in [0.15, 0.2) is 9.84 Å². The van der Waals surface area contributed by atoms with Gasteiger partial charge in [-0.25, -0.2) is 8.42 Å². The Bertz CT molecular complexity index is 525. The van der Waals surface area contributed by atoms with Crippen molar-refractivity contribution in [2.24, 2.45) is 5.73 Å². The van der Waals surface area contributed by atoms with Crippen molar-refractivity contribution in [2.75, 3.05) is 12.8 Å².